The smallest absolute Gasteiger partial charge is 0.335 e. The number of hydrogen-bond donors (Lipinski definition) is 2. The van der Waals surface area contributed by atoms with Crippen LogP contribution in [0.3, 0.4) is 0 Å². The zero-order chi connectivity index (χ0) is 30.1. The average Bonchev–Trinajstić information content (AvgIpc) is 3.24. The molecule has 1 aliphatic rings. The third kappa shape index (κ3) is 5.36. The lowest BCUT2D eigenvalue weighted by Crippen LogP contribution is -2.54. The first kappa shape index (κ1) is 27.9. The van der Waals surface area contributed by atoms with E-state index in [0.29, 0.717) is 11.3 Å². The first-order chi connectivity index (χ1) is 20.0. The number of nitro groups is 1. The van der Waals surface area contributed by atoms with E-state index in [2.05, 4.69) is 10.3 Å². The number of pyridine rings is 1. The van der Waals surface area contributed by atoms with E-state index in [-0.39, 0.29) is 33.5 Å². The quantitative estimate of drug-likeness (QED) is 0.103. The normalized spacial score (nSPS) is 14.2. The highest BCUT2D eigenvalue weighted by Gasteiger charge is 2.35. The number of aromatic nitrogens is 2. The molecular formula is C29H21N5O7S. The molecule has 13 heteroatoms. The fourth-order valence-corrected chi connectivity index (χ4v) is 4.76. The Morgan fingerprint density at radius 2 is 1.81 bits per heavy atom. The largest absolute Gasteiger partial charge is 0.478 e. The topological polar surface area (TPSA) is 157 Å². The Balaban J connectivity index is 1.42. The van der Waals surface area contributed by atoms with Gasteiger partial charge in [-0.3, -0.25) is 29.9 Å². The van der Waals surface area contributed by atoms with Gasteiger partial charge in [0.1, 0.15) is 17.5 Å². The summed E-state index contributed by atoms with van der Waals surface area (Å²) in [6.45, 7) is 3.72. The summed E-state index contributed by atoms with van der Waals surface area (Å²) in [6, 6.07) is 17.3. The second kappa shape index (κ2) is 11.1. The Morgan fingerprint density at radius 3 is 2.45 bits per heavy atom. The number of rotatable bonds is 7. The molecular weight excluding hydrogens is 562 g/mol. The van der Waals surface area contributed by atoms with Crippen LogP contribution >= 0.6 is 12.2 Å². The van der Waals surface area contributed by atoms with Gasteiger partial charge in [-0.25, -0.2) is 9.78 Å². The number of amides is 2. The van der Waals surface area contributed by atoms with Gasteiger partial charge >= 0.3 is 5.97 Å². The lowest BCUT2D eigenvalue weighted by molar-refractivity contribution is -0.385. The molecule has 1 saturated heterocycles. The molecule has 5 rings (SSSR count). The Morgan fingerprint density at radius 1 is 1.07 bits per heavy atom. The number of carboxylic acid groups (broad SMARTS) is 1. The van der Waals surface area contributed by atoms with Crippen molar-refractivity contribution in [2.45, 2.75) is 13.8 Å². The molecule has 12 nitrogen and oxygen atoms in total. The van der Waals surface area contributed by atoms with Crippen LogP contribution in [0.4, 0.5) is 11.4 Å². The molecule has 2 aromatic heterocycles. The van der Waals surface area contributed by atoms with E-state index in [1.807, 2.05) is 36.6 Å². The minimum Gasteiger partial charge on any atom is -0.478 e. The summed E-state index contributed by atoms with van der Waals surface area (Å²) in [6.07, 6.45) is 2.59. The van der Waals surface area contributed by atoms with Crippen molar-refractivity contribution in [1.29, 1.82) is 0 Å². The van der Waals surface area contributed by atoms with Crippen molar-refractivity contribution >= 4 is 52.6 Å². The van der Waals surface area contributed by atoms with E-state index in [4.69, 9.17) is 17.0 Å². The predicted octanol–water partition coefficient (Wildman–Crippen LogP) is 4.72. The highest BCUT2D eigenvalue weighted by Crippen LogP contribution is 2.28. The first-order valence-corrected chi connectivity index (χ1v) is 12.8. The number of aromatic carboxylic acids is 1. The number of nitrogens with one attached hydrogen (secondary N) is 1. The van der Waals surface area contributed by atoms with Crippen molar-refractivity contribution in [3.8, 4) is 17.3 Å². The maximum Gasteiger partial charge on any atom is 0.335 e. The van der Waals surface area contributed by atoms with E-state index in [0.717, 1.165) is 28.2 Å². The van der Waals surface area contributed by atoms with E-state index < -0.39 is 22.7 Å². The number of ether oxygens (including phenoxy) is 1. The summed E-state index contributed by atoms with van der Waals surface area (Å²) in [7, 11) is 0. The highest BCUT2D eigenvalue weighted by molar-refractivity contribution is 7.80. The minimum absolute atomic E-state index is 0.0329. The number of thiocarbonyl (C=S) groups is 1. The molecule has 210 valence electrons. The van der Waals surface area contributed by atoms with Crippen LogP contribution in [0.1, 0.15) is 27.3 Å². The lowest BCUT2D eigenvalue weighted by Gasteiger charge is -2.29. The second-order valence-corrected chi connectivity index (χ2v) is 9.57. The summed E-state index contributed by atoms with van der Waals surface area (Å²) in [5.74, 6) is -1.84. The molecule has 0 aliphatic carbocycles. The van der Waals surface area contributed by atoms with Crippen molar-refractivity contribution in [2.75, 3.05) is 4.90 Å². The van der Waals surface area contributed by atoms with E-state index >= 15 is 0 Å². The lowest BCUT2D eigenvalue weighted by atomic mass is 10.1. The Kier molecular flexibility index (Phi) is 7.34. The van der Waals surface area contributed by atoms with Crippen molar-refractivity contribution in [3.63, 3.8) is 0 Å². The number of carbonyl (C=O) groups excluding carboxylic acids is 2. The van der Waals surface area contributed by atoms with Gasteiger partial charge in [0.2, 0.25) is 5.88 Å². The molecule has 42 heavy (non-hydrogen) atoms. The number of carboxylic acids is 1. The third-order valence-electron chi connectivity index (χ3n) is 6.47. The molecule has 1 aliphatic heterocycles. The fourth-order valence-electron chi connectivity index (χ4n) is 4.48. The van der Waals surface area contributed by atoms with Crippen LogP contribution in [0.25, 0.3) is 11.8 Å². The fraction of sp³-hybridized carbons (Fsp3) is 0.0690. The number of anilines is 1. The molecule has 0 bridgehead atoms. The average molecular weight is 584 g/mol. The Labute approximate surface area is 243 Å². The Hall–Kier alpha value is -5.69. The van der Waals surface area contributed by atoms with Crippen molar-refractivity contribution in [1.82, 2.24) is 14.9 Å². The number of nitrogens with zero attached hydrogens (tertiary/aromatic N) is 4. The zero-order valence-corrected chi connectivity index (χ0v) is 22.9. The summed E-state index contributed by atoms with van der Waals surface area (Å²) < 4.78 is 7.62. The molecule has 2 aromatic carbocycles. The Bertz CT molecular complexity index is 1810. The van der Waals surface area contributed by atoms with Crippen LogP contribution in [0.5, 0.6) is 11.6 Å². The van der Waals surface area contributed by atoms with Gasteiger partial charge in [-0.05, 0) is 86.2 Å². The van der Waals surface area contributed by atoms with Gasteiger partial charge in [0.25, 0.3) is 17.5 Å². The number of carbonyl (C=O) groups is 3. The van der Waals surface area contributed by atoms with Gasteiger partial charge in [-0.1, -0.05) is 6.07 Å². The molecule has 0 saturated carbocycles. The maximum absolute atomic E-state index is 13.4. The molecule has 3 heterocycles. The van der Waals surface area contributed by atoms with E-state index in [1.165, 1.54) is 42.5 Å². The van der Waals surface area contributed by atoms with Gasteiger partial charge in [0.05, 0.1) is 16.2 Å². The van der Waals surface area contributed by atoms with Gasteiger partial charge in [-0.15, -0.1) is 0 Å². The molecule has 2 amide bonds. The summed E-state index contributed by atoms with van der Waals surface area (Å²) >= 11 is 5.23. The number of hydrogen-bond acceptors (Lipinski definition) is 8. The molecule has 4 aromatic rings. The van der Waals surface area contributed by atoms with Gasteiger partial charge < -0.3 is 14.4 Å². The van der Waals surface area contributed by atoms with Crippen LogP contribution in [0.2, 0.25) is 0 Å². The standard InChI is InChI=1S/C29H21N5O7S/c1-16-12-19(14-24-26(35)31-29(42)33(27(24)36)21-5-3-4-18(13-21)28(37)38)17(2)32(16)20-6-9-23(10-7-20)41-25-11-8-22(15-30-25)34(39)40/h3-15H,1-2H3,(H,37,38)(H,31,35,42). The molecule has 0 unspecified atom stereocenters. The number of benzene rings is 2. The predicted molar refractivity (Wildman–Crippen MR) is 156 cm³/mol. The third-order valence-corrected chi connectivity index (χ3v) is 6.76. The van der Waals surface area contributed by atoms with Crippen LogP contribution in [0.15, 0.2) is 78.5 Å². The van der Waals surface area contributed by atoms with E-state index in [1.54, 1.807) is 12.1 Å². The van der Waals surface area contributed by atoms with Crippen molar-refractivity contribution in [2.24, 2.45) is 0 Å². The maximum atomic E-state index is 13.4. The molecule has 2 N–H and O–H groups in total. The van der Waals surface area contributed by atoms with Crippen LogP contribution in [0, 0.1) is 24.0 Å². The van der Waals surface area contributed by atoms with Gasteiger partial charge in [-0.2, -0.15) is 0 Å². The second-order valence-electron chi connectivity index (χ2n) is 9.18. The molecule has 0 atom stereocenters. The highest BCUT2D eigenvalue weighted by atomic mass is 32.1. The van der Waals surface area contributed by atoms with Crippen LogP contribution < -0.4 is 15.0 Å². The molecule has 0 spiro atoms. The summed E-state index contributed by atoms with van der Waals surface area (Å²) in [5.41, 5.74) is 2.86. The first-order valence-electron chi connectivity index (χ1n) is 12.4. The number of aryl methyl sites for hydroxylation is 1. The molecule has 1 fully saturated rings. The summed E-state index contributed by atoms with van der Waals surface area (Å²) in [4.78, 5) is 53.0. The van der Waals surface area contributed by atoms with Gasteiger partial charge in [0.15, 0.2) is 5.11 Å². The summed E-state index contributed by atoms with van der Waals surface area (Å²) in [5, 5.41) is 22.5. The van der Waals surface area contributed by atoms with Crippen molar-refractivity contribution in [3.05, 3.63) is 111 Å². The minimum atomic E-state index is -1.16. The van der Waals surface area contributed by atoms with Crippen molar-refractivity contribution < 1.29 is 29.2 Å². The SMILES string of the molecule is Cc1cc(C=C2C(=O)NC(=S)N(c3cccc(C(=O)O)c3)C2=O)c(C)n1-c1ccc(Oc2ccc([N+](=O)[O-])cn2)cc1. The van der Waals surface area contributed by atoms with Crippen LogP contribution in [-0.4, -0.2) is 42.5 Å². The van der Waals surface area contributed by atoms with Crippen LogP contribution in [-0.2, 0) is 9.59 Å². The molecule has 0 radical (unpaired) electrons. The monoisotopic (exact) mass is 583 g/mol. The van der Waals surface area contributed by atoms with E-state index in [9.17, 15) is 29.6 Å². The van der Waals surface area contributed by atoms with Gasteiger partial charge in [0, 0.05) is 29.2 Å². The zero-order valence-electron chi connectivity index (χ0n) is 22.1.